The van der Waals surface area contributed by atoms with E-state index in [4.69, 9.17) is 9.68 Å². The Hall–Kier alpha value is -2.80. The van der Waals surface area contributed by atoms with Crippen molar-refractivity contribution in [2.75, 3.05) is 0 Å². The van der Waals surface area contributed by atoms with Gasteiger partial charge in [-0.3, -0.25) is 4.79 Å². The Labute approximate surface area is 130 Å². The maximum absolute atomic E-state index is 12.1. The number of nitriles is 1. The lowest BCUT2D eigenvalue weighted by Crippen LogP contribution is -2.23. The fourth-order valence-electron chi connectivity index (χ4n) is 1.94. The number of aryl methyl sites for hydroxylation is 2. The fraction of sp³-hybridized carbons (Fsp3) is 0.222. The summed E-state index contributed by atoms with van der Waals surface area (Å²) in [5.74, 6) is 0.931. The molecule has 0 fully saturated rings. The van der Waals surface area contributed by atoms with Gasteiger partial charge in [-0.05, 0) is 24.6 Å². The van der Waals surface area contributed by atoms with Crippen LogP contribution in [0.25, 0.3) is 6.08 Å². The molecule has 0 aliphatic rings. The summed E-state index contributed by atoms with van der Waals surface area (Å²) >= 11 is 0. The molecule has 0 saturated heterocycles. The van der Waals surface area contributed by atoms with Gasteiger partial charge in [0, 0.05) is 19.0 Å². The Morgan fingerprint density at radius 3 is 2.59 bits per heavy atom. The summed E-state index contributed by atoms with van der Waals surface area (Å²) in [6, 6.07) is 13.4. The second-order valence-corrected chi connectivity index (χ2v) is 5.00. The molecule has 0 bridgehead atoms. The van der Waals surface area contributed by atoms with Crippen molar-refractivity contribution in [3.8, 4) is 6.07 Å². The lowest BCUT2D eigenvalue weighted by molar-refractivity contribution is -0.117. The Morgan fingerprint density at radius 2 is 2.00 bits per heavy atom. The topological polar surface area (TPSA) is 66.0 Å². The number of carbonyl (C=O) groups excluding carboxylic acids is 1. The number of rotatable bonds is 5. The lowest BCUT2D eigenvalue weighted by atomic mass is 10.1. The van der Waals surface area contributed by atoms with Crippen LogP contribution in [0, 0.1) is 18.3 Å². The predicted octanol–water partition coefficient (Wildman–Crippen LogP) is 3.37. The maximum atomic E-state index is 12.1. The molecule has 4 nitrogen and oxygen atoms in total. The van der Waals surface area contributed by atoms with E-state index in [0.717, 1.165) is 23.3 Å². The summed E-state index contributed by atoms with van der Waals surface area (Å²) in [7, 11) is 0. The third-order valence-corrected chi connectivity index (χ3v) is 3.26. The molecule has 0 saturated carbocycles. The number of nitrogens with one attached hydrogen (secondary N) is 1. The SMILES string of the molecule is CCc1ccc(/C=C(\C#N)C(=O)NCc2ccc(C)cc2)o1. The van der Waals surface area contributed by atoms with Crippen molar-refractivity contribution in [3.63, 3.8) is 0 Å². The minimum Gasteiger partial charge on any atom is -0.462 e. The van der Waals surface area contributed by atoms with Crippen molar-refractivity contribution >= 4 is 12.0 Å². The molecule has 1 heterocycles. The molecular weight excluding hydrogens is 276 g/mol. The van der Waals surface area contributed by atoms with E-state index in [9.17, 15) is 4.79 Å². The van der Waals surface area contributed by atoms with Gasteiger partial charge in [-0.15, -0.1) is 0 Å². The molecule has 0 spiro atoms. The third-order valence-electron chi connectivity index (χ3n) is 3.26. The average Bonchev–Trinajstić information content (AvgIpc) is 2.99. The van der Waals surface area contributed by atoms with Crippen LogP contribution in [-0.2, 0) is 17.8 Å². The van der Waals surface area contributed by atoms with E-state index in [0.29, 0.717) is 12.3 Å². The van der Waals surface area contributed by atoms with E-state index in [1.807, 2.05) is 50.2 Å². The number of carbonyl (C=O) groups is 1. The van der Waals surface area contributed by atoms with Gasteiger partial charge in [0.15, 0.2) is 0 Å². The summed E-state index contributed by atoms with van der Waals surface area (Å²) in [6.07, 6.45) is 2.24. The molecule has 0 atom stereocenters. The zero-order chi connectivity index (χ0) is 15.9. The van der Waals surface area contributed by atoms with E-state index in [1.54, 1.807) is 6.07 Å². The van der Waals surface area contributed by atoms with Crippen molar-refractivity contribution in [2.24, 2.45) is 0 Å². The molecule has 0 radical (unpaired) electrons. The molecule has 22 heavy (non-hydrogen) atoms. The monoisotopic (exact) mass is 294 g/mol. The van der Waals surface area contributed by atoms with Gasteiger partial charge in [-0.1, -0.05) is 36.8 Å². The Balaban J connectivity index is 2.02. The second-order valence-electron chi connectivity index (χ2n) is 5.00. The first-order chi connectivity index (χ1) is 10.6. The first-order valence-electron chi connectivity index (χ1n) is 7.16. The normalized spacial score (nSPS) is 11.0. The van der Waals surface area contributed by atoms with Gasteiger partial charge in [0.05, 0.1) is 0 Å². The molecule has 0 aliphatic heterocycles. The summed E-state index contributed by atoms with van der Waals surface area (Å²) in [6.45, 7) is 4.37. The van der Waals surface area contributed by atoms with Gasteiger partial charge >= 0.3 is 0 Å². The van der Waals surface area contributed by atoms with Crippen molar-refractivity contribution in [1.82, 2.24) is 5.32 Å². The van der Waals surface area contributed by atoms with Gasteiger partial charge in [-0.25, -0.2) is 0 Å². The molecule has 4 heteroatoms. The highest BCUT2D eigenvalue weighted by molar-refractivity contribution is 6.01. The Bertz CT molecular complexity index is 718. The molecule has 1 N–H and O–H groups in total. The maximum Gasteiger partial charge on any atom is 0.262 e. The molecule has 0 aliphatic carbocycles. The van der Waals surface area contributed by atoms with Crippen molar-refractivity contribution in [2.45, 2.75) is 26.8 Å². The fourth-order valence-corrected chi connectivity index (χ4v) is 1.94. The van der Waals surface area contributed by atoms with Crippen LogP contribution in [0.3, 0.4) is 0 Å². The highest BCUT2D eigenvalue weighted by Gasteiger charge is 2.10. The molecule has 112 valence electrons. The summed E-state index contributed by atoms with van der Waals surface area (Å²) in [5, 5.41) is 11.9. The van der Waals surface area contributed by atoms with E-state index in [2.05, 4.69) is 5.32 Å². The van der Waals surface area contributed by atoms with Crippen LogP contribution in [0.2, 0.25) is 0 Å². The van der Waals surface area contributed by atoms with Gasteiger partial charge in [0.2, 0.25) is 0 Å². The van der Waals surface area contributed by atoms with Crippen molar-refractivity contribution in [3.05, 3.63) is 64.6 Å². The quantitative estimate of drug-likeness (QED) is 0.679. The molecule has 2 rings (SSSR count). The smallest absolute Gasteiger partial charge is 0.262 e. The zero-order valence-electron chi connectivity index (χ0n) is 12.7. The second kappa shape index (κ2) is 7.28. The van der Waals surface area contributed by atoms with E-state index in [-0.39, 0.29) is 5.57 Å². The molecule has 0 unspecified atom stereocenters. The van der Waals surface area contributed by atoms with Gasteiger partial charge in [0.25, 0.3) is 5.91 Å². The number of hydrogen-bond acceptors (Lipinski definition) is 3. The van der Waals surface area contributed by atoms with Crippen molar-refractivity contribution in [1.29, 1.82) is 5.26 Å². The van der Waals surface area contributed by atoms with E-state index in [1.165, 1.54) is 6.08 Å². The van der Waals surface area contributed by atoms with Crippen LogP contribution >= 0.6 is 0 Å². The summed E-state index contributed by atoms with van der Waals surface area (Å²) < 4.78 is 5.48. The summed E-state index contributed by atoms with van der Waals surface area (Å²) in [5.41, 5.74) is 2.18. The molecule has 1 aromatic heterocycles. The highest BCUT2D eigenvalue weighted by Crippen LogP contribution is 2.12. The van der Waals surface area contributed by atoms with E-state index >= 15 is 0 Å². The minimum atomic E-state index is -0.405. The van der Waals surface area contributed by atoms with Crippen LogP contribution in [0.5, 0.6) is 0 Å². The summed E-state index contributed by atoms with van der Waals surface area (Å²) in [4.78, 5) is 12.1. The number of benzene rings is 1. The third kappa shape index (κ3) is 4.10. The number of furan rings is 1. The first kappa shape index (κ1) is 15.6. The standard InChI is InChI=1S/C18H18N2O2/c1-3-16-8-9-17(22-16)10-15(11-19)18(21)20-12-14-6-4-13(2)5-7-14/h4-10H,3,12H2,1-2H3,(H,20,21)/b15-10+. The Morgan fingerprint density at radius 1 is 1.27 bits per heavy atom. The number of nitrogens with zero attached hydrogens (tertiary/aromatic N) is 1. The van der Waals surface area contributed by atoms with Crippen LogP contribution in [-0.4, -0.2) is 5.91 Å². The largest absolute Gasteiger partial charge is 0.462 e. The predicted molar refractivity (Wildman–Crippen MR) is 84.7 cm³/mol. The molecule has 1 aromatic carbocycles. The first-order valence-corrected chi connectivity index (χ1v) is 7.16. The average molecular weight is 294 g/mol. The van der Waals surface area contributed by atoms with Crippen molar-refractivity contribution < 1.29 is 9.21 Å². The number of hydrogen-bond donors (Lipinski definition) is 1. The van der Waals surface area contributed by atoms with Gasteiger partial charge in [0.1, 0.15) is 23.2 Å². The van der Waals surface area contributed by atoms with Gasteiger partial charge in [-0.2, -0.15) is 5.26 Å². The molecular formula is C18H18N2O2. The van der Waals surface area contributed by atoms with Crippen LogP contribution in [0.1, 0.15) is 29.6 Å². The van der Waals surface area contributed by atoms with Crippen LogP contribution < -0.4 is 5.32 Å². The zero-order valence-corrected chi connectivity index (χ0v) is 12.7. The van der Waals surface area contributed by atoms with Crippen LogP contribution in [0.15, 0.2) is 46.4 Å². The van der Waals surface area contributed by atoms with E-state index < -0.39 is 5.91 Å². The number of amides is 1. The van der Waals surface area contributed by atoms with Crippen LogP contribution in [0.4, 0.5) is 0 Å². The highest BCUT2D eigenvalue weighted by atomic mass is 16.3. The molecule has 2 aromatic rings. The van der Waals surface area contributed by atoms with Gasteiger partial charge < -0.3 is 9.73 Å². The lowest BCUT2D eigenvalue weighted by Gasteiger charge is -2.04. The minimum absolute atomic E-state index is 0.0316. The molecule has 1 amide bonds. The Kier molecular flexibility index (Phi) is 5.16.